The number of hydrogen-bond acceptors (Lipinski definition) is 3. The SMILES string of the molecule is CCN(Cc1ccc(I)cc1)C1COCC1C(=O)O. The van der Waals surface area contributed by atoms with Gasteiger partial charge in [-0.1, -0.05) is 19.1 Å². The van der Waals surface area contributed by atoms with Crippen molar-refractivity contribution in [3.63, 3.8) is 0 Å². The van der Waals surface area contributed by atoms with Crippen molar-refractivity contribution in [1.29, 1.82) is 0 Å². The van der Waals surface area contributed by atoms with Crippen LogP contribution in [0.1, 0.15) is 12.5 Å². The smallest absolute Gasteiger partial charge is 0.310 e. The van der Waals surface area contributed by atoms with Crippen molar-refractivity contribution >= 4 is 28.6 Å². The number of nitrogens with zero attached hydrogens (tertiary/aromatic N) is 1. The molecule has 1 N–H and O–H groups in total. The Morgan fingerprint density at radius 3 is 2.68 bits per heavy atom. The lowest BCUT2D eigenvalue weighted by atomic mass is 10.0. The van der Waals surface area contributed by atoms with Gasteiger partial charge in [-0.15, -0.1) is 0 Å². The molecule has 104 valence electrons. The summed E-state index contributed by atoms with van der Waals surface area (Å²) < 4.78 is 6.55. The van der Waals surface area contributed by atoms with Gasteiger partial charge < -0.3 is 9.84 Å². The molecule has 0 aliphatic carbocycles. The molecule has 0 spiro atoms. The normalized spacial score (nSPS) is 22.9. The van der Waals surface area contributed by atoms with Crippen LogP contribution in [0.4, 0.5) is 0 Å². The molecule has 0 aromatic heterocycles. The maximum absolute atomic E-state index is 11.2. The summed E-state index contributed by atoms with van der Waals surface area (Å²) in [5, 5.41) is 9.22. The number of carboxylic acids is 1. The van der Waals surface area contributed by atoms with Crippen LogP contribution in [-0.4, -0.2) is 41.8 Å². The second kappa shape index (κ2) is 6.67. The number of aliphatic carboxylic acids is 1. The number of halogens is 1. The monoisotopic (exact) mass is 375 g/mol. The quantitative estimate of drug-likeness (QED) is 0.802. The van der Waals surface area contributed by atoms with Crippen LogP contribution < -0.4 is 0 Å². The first-order chi connectivity index (χ1) is 9.11. The Bertz CT molecular complexity index is 435. The first kappa shape index (κ1) is 14.7. The highest BCUT2D eigenvalue weighted by Crippen LogP contribution is 2.22. The molecule has 1 aliphatic heterocycles. The number of carbonyl (C=O) groups is 1. The van der Waals surface area contributed by atoms with Crippen molar-refractivity contribution in [3.8, 4) is 0 Å². The third-order valence-electron chi connectivity index (χ3n) is 3.54. The zero-order chi connectivity index (χ0) is 13.8. The minimum atomic E-state index is -0.761. The summed E-state index contributed by atoms with van der Waals surface area (Å²) in [4.78, 5) is 13.4. The second-order valence-electron chi connectivity index (χ2n) is 4.74. The Morgan fingerprint density at radius 1 is 1.42 bits per heavy atom. The largest absolute Gasteiger partial charge is 0.481 e. The van der Waals surface area contributed by atoms with E-state index in [1.54, 1.807) is 0 Å². The van der Waals surface area contributed by atoms with E-state index in [0.717, 1.165) is 13.1 Å². The van der Waals surface area contributed by atoms with Gasteiger partial charge in [0.25, 0.3) is 0 Å². The molecule has 2 atom stereocenters. The van der Waals surface area contributed by atoms with Crippen molar-refractivity contribution in [2.75, 3.05) is 19.8 Å². The van der Waals surface area contributed by atoms with Crippen molar-refractivity contribution in [3.05, 3.63) is 33.4 Å². The highest BCUT2D eigenvalue weighted by molar-refractivity contribution is 14.1. The van der Waals surface area contributed by atoms with E-state index in [-0.39, 0.29) is 6.04 Å². The molecule has 2 unspecified atom stereocenters. The summed E-state index contributed by atoms with van der Waals surface area (Å²) in [6, 6.07) is 8.31. The van der Waals surface area contributed by atoms with E-state index in [2.05, 4.69) is 58.7 Å². The third-order valence-corrected chi connectivity index (χ3v) is 4.26. The molecule has 1 fully saturated rings. The highest BCUT2D eigenvalue weighted by atomic mass is 127. The molecule has 5 heteroatoms. The molecule has 19 heavy (non-hydrogen) atoms. The molecule has 2 rings (SSSR count). The number of likely N-dealkylation sites (N-methyl/N-ethyl adjacent to an activating group) is 1. The number of benzene rings is 1. The van der Waals surface area contributed by atoms with Crippen LogP contribution in [0.3, 0.4) is 0 Å². The van der Waals surface area contributed by atoms with Gasteiger partial charge in [-0.2, -0.15) is 0 Å². The number of rotatable bonds is 5. The molecule has 0 amide bonds. The van der Waals surface area contributed by atoms with E-state index in [1.165, 1.54) is 9.13 Å². The standard InChI is InChI=1S/C14H18INO3/c1-2-16(7-10-3-5-11(15)6-4-10)13-9-19-8-12(13)14(17)18/h3-6,12-13H,2,7-9H2,1H3,(H,17,18). The zero-order valence-electron chi connectivity index (χ0n) is 10.9. The van der Waals surface area contributed by atoms with E-state index in [4.69, 9.17) is 4.74 Å². The van der Waals surface area contributed by atoms with E-state index < -0.39 is 11.9 Å². The minimum absolute atomic E-state index is 0.0261. The molecule has 4 nitrogen and oxygen atoms in total. The topological polar surface area (TPSA) is 49.8 Å². The molecule has 1 aliphatic rings. The summed E-state index contributed by atoms with van der Waals surface area (Å²) in [6.45, 7) is 4.48. The predicted octanol–water partition coefficient (Wildman–Crippen LogP) is 2.21. The summed E-state index contributed by atoms with van der Waals surface area (Å²) in [5.41, 5.74) is 1.21. The van der Waals surface area contributed by atoms with Gasteiger partial charge in [0.05, 0.1) is 19.1 Å². The average Bonchev–Trinajstić information content (AvgIpc) is 2.87. The van der Waals surface area contributed by atoms with Gasteiger partial charge in [0.1, 0.15) is 0 Å². The summed E-state index contributed by atoms with van der Waals surface area (Å²) >= 11 is 2.28. The van der Waals surface area contributed by atoms with Crippen LogP contribution in [0.15, 0.2) is 24.3 Å². The van der Waals surface area contributed by atoms with Crippen molar-refractivity contribution in [2.45, 2.75) is 19.5 Å². The maximum Gasteiger partial charge on any atom is 0.310 e. The van der Waals surface area contributed by atoms with Gasteiger partial charge in [0, 0.05) is 16.2 Å². The molecular weight excluding hydrogens is 357 g/mol. The predicted molar refractivity (Wildman–Crippen MR) is 81.0 cm³/mol. The first-order valence-electron chi connectivity index (χ1n) is 6.41. The molecule has 1 heterocycles. The molecule has 1 saturated heterocycles. The van der Waals surface area contributed by atoms with Gasteiger partial charge in [0.2, 0.25) is 0 Å². The number of ether oxygens (including phenoxy) is 1. The van der Waals surface area contributed by atoms with Crippen LogP contribution in [0.5, 0.6) is 0 Å². The molecule has 1 aromatic carbocycles. The lowest BCUT2D eigenvalue weighted by Crippen LogP contribution is -2.42. The maximum atomic E-state index is 11.2. The zero-order valence-corrected chi connectivity index (χ0v) is 13.0. The number of carboxylic acid groups (broad SMARTS) is 1. The van der Waals surface area contributed by atoms with Crippen LogP contribution >= 0.6 is 22.6 Å². The van der Waals surface area contributed by atoms with E-state index >= 15 is 0 Å². The average molecular weight is 375 g/mol. The van der Waals surface area contributed by atoms with E-state index in [9.17, 15) is 9.90 Å². The molecular formula is C14H18INO3. The van der Waals surface area contributed by atoms with Gasteiger partial charge >= 0.3 is 5.97 Å². The van der Waals surface area contributed by atoms with E-state index in [1.807, 2.05) is 0 Å². The van der Waals surface area contributed by atoms with Crippen LogP contribution in [0, 0.1) is 9.49 Å². The Morgan fingerprint density at radius 2 is 2.11 bits per heavy atom. The Hall–Kier alpha value is -0.660. The minimum Gasteiger partial charge on any atom is -0.481 e. The van der Waals surface area contributed by atoms with E-state index in [0.29, 0.717) is 13.2 Å². The lowest BCUT2D eigenvalue weighted by molar-refractivity contribution is -0.143. The third kappa shape index (κ3) is 3.67. The Kier molecular flexibility index (Phi) is 5.18. The fraction of sp³-hybridized carbons (Fsp3) is 0.500. The van der Waals surface area contributed by atoms with Gasteiger partial charge in [-0.3, -0.25) is 9.69 Å². The fourth-order valence-corrected chi connectivity index (χ4v) is 2.79. The Balaban J connectivity index is 2.07. The molecule has 0 saturated carbocycles. The van der Waals surface area contributed by atoms with Crippen molar-refractivity contribution in [1.82, 2.24) is 4.90 Å². The fourth-order valence-electron chi connectivity index (χ4n) is 2.43. The molecule has 0 bridgehead atoms. The number of hydrogen-bond donors (Lipinski definition) is 1. The Labute approximate surface area is 126 Å². The lowest BCUT2D eigenvalue weighted by Gasteiger charge is -2.29. The van der Waals surface area contributed by atoms with Gasteiger partial charge in [0.15, 0.2) is 0 Å². The molecule has 0 radical (unpaired) electrons. The van der Waals surface area contributed by atoms with Crippen LogP contribution in [-0.2, 0) is 16.1 Å². The van der Waals surface area contributed by atoms with Crippen LogP contribution in [0.2, 0.25) is 0 Å². The van der Waals surface area contributed by atoms with Gasteiger partial charge in [-0.25, -0.2) is 0 Å². The highest BCUT2D eigenvalue weighted by Gasteiger charge is 2.37. The van der Waals surface area contributed by atoms with Crippen molar-refractivity contribution < 1.29 is 14.6 Å². The summed E-state index contributed by atoms with van der Waals surface area (Å²) in [7, 11) is 0. The van der Waals surface area contributed by atoms with Gasteiger partial charge in [-0.05, 0) is 46.8 Å². The second-order valence-corrected chi connectivity index (χ2v) is 5.98. The summed E-state index contributed by atoms with van der Waals surface area (Å²) in [5.74, 6) is -1.17. The van der Waals surface area contributed by atoms with Crippen LogP contribution in [0.25, 0.3) is 0 Å². The van der Waals surface area contributed by atoms with Crippen molar-refractivity contribution in [2.24, 2.45) is 5.92 Å². The molecule has 1 aromatic rings. The first-order valence-corrected chi connectivity index (χ1v) is 7.48. The summed E-state index contributed by atoms with van der Waals surface area (Å²) in [6.07, 6.45) is 0.